The van der Waals surface area contributed by atoms with Gasteiger partial charge in [0.2, 0.25) is 0 Å². The van der Waals surface area contributed by atoms with Gasteiger partial charge in [-0.3, -0.25) is 9.78 Å². The van der Waals surface area contributed by atoms with Crippen molar-refractivity contribution in [2.24, 2.45) is 0 Å². The Balaban J connectivity index is 1.79. The molecule has 6 heteroatoms. The largest absolute Gasteiger partial charge is 0.306 e. The standard InChI is InChI=1S/C19H16N4OS/c1-12-5-14(9-20-8-12)15-6-16(19-21-3-4-23(19)10-15)17(24)7-18-22-13(2)11-25-18/h3-6,8-11H,7H2,1-2H3. The molecule has 0 aromatic carbocycles. The fourth-order valence-corrected chi connectivity index (χ4v) is 3.60. The van der Waals surface area contributed by atoms with Crippen LogP contribution in [0.2, 0.25) is 0 Å². The van der Waals surface area contributed by atoms with Crippen LogP contribution in [-0.2, 0) is 6.42 Å². The van der Waals surface area contributed by atoms with E-state index >= 15 is 0 Å². The first-order valence-electron chi connectivity index (χ1n) is 7.93. The molecule has 0 radical (unpaired) electrons. The second-order valence-corrected chi connectivity index (χ2v) is 6.98. The summed E-state index contributed by atoms with van der Waals surface area (Å²) in [6.07, 6.45) is 9.45. The van der Waals surface area contributed by atoms with Crippen molar-refractivity contribution in [3.8, 4) is 11.1 Å². The van der Waals surface area contributed by atoms with Crippen molar-refractivity contribution >= 4 is 22.8 Å². The molecule has 0 atom stereocenters. The molecule has 0 saturated heterocycles. The van der Waals surface area contributed by atoms with Gasteiger partial charge in [-0.25, -0.2) is 9.97 Å². The zero-order chi connectivity index (χ0) is 17.4. The molecule has 25 heavy (non-hydrogen) atoms. The highest BCUT2D eigenvalue weighted by Gasteiger charge is 2.16. The molecule has 4 rings (SSSR count). The van der Waals surface area contributed by atoms with Crippen LogP contribution in [0.25, 0.3) is 16.8 Å². The third kappa shape index (κ3) is 3.08. The molecule has 5 nitrogen and oxygen atoms in total. The second-order valence-electron chi connectivity index (χ2n) is 6.03. The summed E-state index contributed by atoms with van der Waals surface area (Å²) >= 11 is 1.51. The summed E-state index contributed by atoms with van der Waals surface area (Å²) in [5.41, 5.74) is 5.22. The second kappa shape index (κ2) is 6.22. The summed E-state index contributed by atoms with van der Waals surface area (Å²) in [6.45, 7) is 3.94. The number of hydrogen-bond donors (Lipinski definition) is 0. The van der Waals surface area contributed by atoms with Gasteiger partial charge < -0.3 is 4.40 Å². The van der Waals surface area contributed by atoms with Crippen molar-refractivity contribution in [2.45, 2.75) is 20.3 Å². The predicted molar refractivity (Wildman–Crippen MR) is 98.0 cm³/mol. The van der Waals surface area contributed by atoms with E-state index < -0.39 is 0 Å². The van der Waals surface area contributed by atoms with Crippen LogP contribution in [0.3, 0.4) is 0 Å². The van der Waals surface area contributed by atoms with E-state index in [2.05, 4.69) is 21.0 Å². The highest BCUT2D eigenvalue weighted by molar-refractivity contribution is 7.09. The SMILES string of the molecule is Cc1cncc(-c2cc(C(=O)Cc3nc(C)cs3)c3nccn3c2)c1. The molecule has 0 N–H and O–H groups in total. The summed E-state index contributed by atoms with van der Waals surface area (Å²) in [5, 5.41) is 2.79. The van der Waals surface area contributed by atoms with E-state index in [1.165, 1.54) is 11.3 Å². The van der Waals surface area contributed by atoms with E-state index in [-0.39, 0.29) is 12.2 Å². The minimum Gasteiger partial charge on any atom is -0.306 e. The van der Waals surface area contributed by atoms with Crippen LogP contribution in [0.4, 0.5) is 0 Å². The molecule has 0 fully saturated rings. The van der Waals surface area contributed by atoms with Crippen LogP contribution in [-0.4, -0.2) is 25.1 Å². The first-order chi connectivity index (χ1) is 12.1. The van der Waals surface area contributed by atoms with Gasteiger partial charge >= 0.3 is 0 Å². The van der Waals surface area contributed by atoms with Crippen LogP contribution < -0.4 is 0 Å². The van der Waals surface area contributed by atoms with Crippen molar-refractivity contribution in [3.05, 3.63) is 70.3 Å². The minimum absolute atomic E-state index is 0.0213. The Morgan fingerprint density at radius 2 is 2.08 bits per heavy atom. The quantitative estimate of drug-likeness (QED) is 0.525. The number of aryl methyl sites for hydroxylation is 2. The van der Waals surface area contributed by atoms with Crippen molar-refractivity contribution in [1.29, 1.82) is 0 Å². The smallest absolute Gasteiger partial charge is 0.173 e. The lowest BCUT2D eigenvalue weighted by atomic mass is 10.0. The van der Waals surface area contributed by atoms with Crippen molar-refractivity contribution in [1.82, 2.24) is 19.4 Å². The molecule has 0 unspecified atom stereocenters. The van der Waals surface area contributed by atoms with Crippen LogP contribution in [0.1, 0.15) is 26.6 Å². The minimum atomic E-state index is 0.0213. The highest BCUT2D eigenvalue weighted by Crippen LogP contribution is 2.24. The third-order valence-corrected chi connectivity index (χ3v) is 4.94. The van der Waals surface area contributed by atoms with Gasteiger partial charge in [-0.05, 0) is 31.5 Å². The molecule has 0 aliphatic carbocycles. The molecule has 0 spiro atoms. The number of fused-ring (bicyclic) bond motifs is 1. The van der Waals surface area contributed by atoms with Crippen LogP contribution in [0, 0.1) is 13.8 Å². The maximum atomic E-state index is 12.9. The summed E-state index contributed by atoms with van der Waals surface area (Å²) in [5.74, 6) is 0.0213. The molecule has 4 aromatic rings. The molecule has 0 aliphatic rings. The molecule has 0 aliphatic heterocycles. The van der Waals surface area contributed by atoms with Crippen molar-refractivity contribution in [3.63, 3.8) is 0 Å². The molecule has 0 bridgehead atoms. The number of Topliss-reactive ketones (excluding diaryl/α,β-unsaturated/α-hetero) is 1. The zero-order valence-electron chi connectivity index (χ0n) is 13.9. The van der Waals surface area contributed by atoms with E-state index in [9.17, 15) is 4.79 Å². The maximum Gasteiger partial charge on any atom is 0.173 e. The number of hydrogen-bond acceptors (Lipinski definition) is 5. The van der Waals surface area contributed by atoms with Crippen LogP contribution in [0.15, 0.2) is 48.5 Å². The number of ketones is 1. The average Bonchev–Trinajstić information content (AvgIpc) is 3.22. The lowest BCUT2D eigenvalue weighted by Crippen LogP contribution is -2.07. The molecular weight excluding hydrogens is 332 g/mol. The van der Waals surface area contributed by atoms with E-state index in [0.29, 0.717) is 11.2 Å². The molecular formula is C19H16N4OS. The van der Waals surface area contributed by atoms with Crippen molar-refractivity contribution in [2.75, 3.05) is 0 Å². The van der Waals surface area contributed by atoms with Gasteiger partial charge in [-0.15, -0.1) is 11.3 Å². The number of aromatic nitrogens is 4. The number of thiazole rings is 1. The Labute approximate surface area is 149 Å². The fourth-order valence-electron chi connectivity index (χ4n) is 2.83. The maximum absolute atomic E-state index is 12.9. The molecule has 0 saturated carbocycles. The molecule has 124 valence electrons. The first kappa shape index (κ1) is 15.7. The molecule has 4 aromatic heterocycles. The van der Waals surface area contributed by atoms with E-state index in [4.69, 9.17) is 0 Å². The number of nitrogens with zero attached hydrogens (tertiary/aromatic N) is 4. The van der Waals surface area contributed by atoms with Gasteiger partial charge in [0.15, 0.2) is 5.78 Å². The van der Waals surface area contributed by atoms with E-state index in [0.717, 1.165) is 27.4 Å². The number of carbonyl (C=O) groups excluding carboxylic acids is 1. The van der Waals surface area contributed by atoms with Crippen molar-refractivity contribution < 1.29 is 4.79 Å². The Bertz CT molecular complexity index is 1080. The third-order valence-electron chi connectivity index (χ3n) is 3.97. The lowest BCUT2D eigenvalue weighted by Gasteiger charge is -2.08. The van der Waals surface area contributed by atoms with Gasteiger partial charge in [0.25, 0.3) is 0 Å². The predicted octanol–water partition coefficient (Wildman–Crippen LogP) is 3.90. The van der Waals surface area contributed by atoms with E-state index in [1.54, 1.807) is 6.20 Å². The Hall–Kier alpha value is -2.86. The first-order valence-corrected chi connectivity index (χ1v) is 8.81. The number of imidazole rings is 1. The highest BCUT2D eigenvalue weighted by atomic mass is 32.1. The lowest BCUT2D eigenvalue weighted by molar-refractivity contribution is 0.0994. The summed E-state index contributed by atoms with van der Waals surface area (Å²) in [7, 11) is 0. The Morgan fingerprint density at radius 3 is 2.84 bits per heavy atom. The number of rotatable bonds is 4. The van der Waals surface area contributed by atoms with Crippen LogP contribution >= 0.6 is 11.3 Å². The number of carbonyl (C=O) groups is 1. The van der Waals surface area contributed by atoms with Crippen LogP contribution in [0.5, 0.6) is 0 Å². The normalized spacial score (nSPS) is 11.1. The van der Waals surface area contributed by atoms with Gasteiger partial charge in [0.1, 0.15) is 10.7 Å². The van der Waals surface area contributed by atoms with Gasteiger partial charge in [0.05, 0.1) is 12.0 Å². The topological polar surface area (TPSA) is 60.2 Å². The zero-order valence-corrected chi connectivity index (χ0v) is 14.7. The fraction of sp³-hybridized carbons (Fsp3) is 0.158. The summed E-state index contributed by atoms with van der Waals surface area (Å²) in [4.78, 5) is 25.9. The van der Waals surface area contributed by atoms with Gasteiger partial charge in [-0.2, -0.15) is 0 Å². The summed E-state index contributed by atoms with van der Waals surface area (Å²) in [6, 6.07) is 3.96. The Kier molecular flexibility index (Phi) is 3.89. The number of pyridine rings is 2. The van der Waals surface area contributed by atoms with Gasteiger partial charge in [0, 0.05) is 53.2 Å². The average molecular weight is 348 g/mol. The van der Waals surface area contributed by atoms with Gasteiger partial charge in [-0.1, -0.05) is 0 Å². The Morgan fingerprint density at radius 1 is 1.20 bits per heavy atom. The molecule has 4 heterocycles. The monoisotopic (exact) mass is 348 g/mol. The summed E-state index contributed by atoms with van der Waals surface area (Å²) < 4.78 is 1.89. The molecule has 0 amide bonds. The van der Waals surface area contributed by atoms with E-state index in [1.807, 2.05) is 54.5 Å².